The van der Waals surface area contributed by atoms with Crippen molar-refractivity contribution in [2.75, 3.05) is 6.61 Å². The Balaban J connectivity index is 1.77. The number of fused-ring (bicyclic) bond motifs is 2. The van der Waals surface area contributed by atoms with Crippen molar-refractivity contribution in [1.82, 2.24) is 0 Å². The molecule has 2 aliphatic heterocycles. The van der Waals surface area contributed by atoms with Crippen molar-refractivity contribution in [2.24, 2.45) is 5.92 Å². The summed E-state index contributed by atoms with van der Waals surface area (Å²) in [5.41, 5.74) is 1.62. The third kappa shape index (κ3) is 6.63. The number of carbonyl (C=O) groups is 3. The van der Waals surface area contributed by atoms with Gasteiger partial charge in [0.2, 0.25) is 0 Å². The second-order valence-electron chi connectivity index (χ2n) is 10.6. The summed E-state index contributed by atoms with van der Waals surface area (Å²) in [4.78, 5) is 38.1. The highest BCUT2D eigenvalue weighted by molar-refractivity contribution is 5.98. The van der Waals surface area contributed by atoms with Gasteiger partial charge in [-0.25, -0.2) is 4.79 Å². The highest BCUT2D eigenvalue weighted by atomic mass is 16.5. The van der Waals surface area contributed by atoms with Crippen LogP contribution in [-0.2, 0) is 14.3 Å². The van der Waals surface area contributed by atoms with E-state index in [4.69, 9.17) is 14.2 Å². The summed E-state index contributed by atoms with van der Waals surface area (Å²) >= 11 is 0. The number of hydrogen-bond acceptors (Lipinski definition) is 7. The van der Waals surface area contributed by atoms with E-state index in [-0.39, 0.29) is 29.3 Å². The highest BCUT2D eigenvalue weighted by Crippen LogP contribution is 2.47. The summed E-state index contributed by atoms with van der Waals surface area (Å²) in [5.74, 6) is -0.384. The zero-order valence-electron chi connectivity index (χ0n) is 22.3. The van der Waals surface area contributed by atoms with E-state index < -0.39 is 24.0 Å². The molecule has 0 fully saturated rings. The number of phenolic OH excluding ortho intramolecular Hbond substituents is 1. The van der Waals surface area contributed by atoms with E-state index in [1.54, 1.807) is 19.1 Å². The van der Waals surface area contributed by atoms with Crippen molar-refractivity contribution in [1.29, 1.82) is 0 Å². The lowest BCUT2D eigenvalue weighted by molar-refractivity contribution is -0.135. The Morgan fingerprint density at radius 3 is 2.68 bits per heavy atom. The molecule has 4 rings (SSSR count). The summed E-state index contributed by atoms with van der Waals surface area (Å²) in [6.07, 6.45) is 6.67. The molecule has 0 radical (unpaired) electrons. The minimum absolute atomic E-state index is 0.0162. The summed E-state index contributed by atoms with van der Waals surface area (Å²) in [6.45, 7) is 6.46. The molecule has 0 saturated carbocycles. The van der Waals surface area contributed by atoms with Crippen LogP contribution in [0.15, 0.2) is 36.4 Å². The number of phenols is 1. The Bertz CT molecular complexity index is 1230. The van der Waals surface area contributed by atoms with Gasteiger partial charge in [-0.3, -0.25) is 9.59 Å². The molecule has 0 unspecified atom stereocenters. The Morgan fingerprint density at radius 1 is 1.11 bits per heavy atom. The largest absolute Gasteiger partial charge is 0.507 e. The minimum atomic E-state index is -0.648. The summed E-state index contributed by atoms with van der Waals surface area (Å²) in [6, 6.07) is 9.07. The average Bonchev–Trinajstić information content (AvgIpc) is 2.86. The molecule has 0 saturated heterocycles. The van der Waals surface area contributed by atoms with Crippen LogP contribution in [0.4, 0.5) is 0 Å². The Hall–Kier alpha value is -3.61. The van der Waals surface area contributed by atoms with Crippen LogP contribution in [0.25, 0.3) is 6.08 Å². The van der Waals surface area contributed by atoms with Crippen LogP contribution in [0.1, 0.15) is 98.7 Å². The van der Waals surface area contributed by atoms with Gasteiger partial charge in [0.15, 0.2) is 0 Å². The van der Waals surface area contributed by atoms with Crippen LogP contribution in [-0.4, -0.2) is 35.5 Å². The van der Waals surface area contributed by atoms with Crippen molar-refractivity contribution in [2.45, 2.75) is 77.7 Å². The van der Waals surface area contributed by atoms with E-state index in [0.717, 1.165) is 5.56 Å². The number of aromatic hydroxyl groups is 1. The molecule has 7 heteroatoms. The monoisotopic (exact) mass is 520 g/mol. The molecule has 7 nitrogen and oxygen atoms in total. The van der Waals surface area contributed by atoms with Gasteiger partial charge in [0.25, 0.3) is 0 Å². The molecule has 0 bridgehead atoms. The topological polar surface area (TPSA) is 99.1 Å². The molecule has 1 N–H and O–H groups in total. The molecular weight excluding hydrogens is 484 g/mol. The lowest BCUT2D eigenvalue weighted by Gasteiger charge is -2.28. The number of cyclic esters (lactones) is 1. The van der Waals surface area contributed by atoms with Crippen molar-refractivity contribution in [3.63, 3.8) is 0 Å². The van der Waals surface area contributed by atoms with Gasteiger partial charge in [0.05, 0.1) is 19.1 Å². The van der Waals surface area contributed by atoms with Gasteiger partial charge in [-0.05, 0) is 67.9 Å². The van der Waals surface area contributed by atoms with Gasteiger partial charge in [0.1, 0.15) is 28.6 Å². The number of ketones is 1. The number of rotatable bonds is 4. The van der Waals surface area contributed by atoms with Gasteiger partial charge in [-0.15, -0.1) is 0 Å². The van der Waals surface area contributed by atoms with E-state index in [0.29, 0.717) is 67.9 Å². The van der Waals surface area contributed by atoms with Crippen LogP contribution >= 0.6 is 0 Å². The molecule has 2 aromatic rings. The van der Waals surface area contributed by atoms with E-state index in [1.807, 2.05) is 30.3 Å². The number of ether oxygens (including phenoxy) is 3. The summed E-state index contributed by atoms with van der Waals surface area (Å²) in [5, 5.41) is 11.5. The first-order chi connectivity index (χ1) is 18.2. The summed E-state index contributed by atoms with van der Waals surface area (Å²) in [7, 11) is 0. The van der Waals surface area contributed by atoms with E-state index in [9.17, 15) is 19.5 Å². The first-order valence-electron chi connectivity index (χ1n) is 13.5. The maximum absolute atomic E-state index is 13.4. The fourth-order valence-electron chi connectivity index (χ4n) is 4.89. The molecule has 2 heterocycles. The third-order valence-electron chi connectivity index (χ3n) is 6.82. The lowest BCUT2D eigenvalue weighted by atomic mass is 9.83. The van der Waals surface area contributed by atoms with Crippen LogP contribution in [0.2, 0.25) is 0 Å². The number of Topliss-reactive ketones (excluding diaryl/α,β-unsaturated/α-hetero) is 1. The predicted octanol–water partition coefficient (Wildman–Crippen LogP) is 6.35. The molecule has 202 valence electrons. The van der Waals surface area contributed by atoms with Crippen LogP contribution in [0.5, 0.6) is 17.2 Å². The van der Waals surface area contributed by atoms with Gasteiger partial charge >= 0.3 is 11.9 Å². The number of allylic oxidation sites excluding steroid dienone is 1. The van der Waals surface area contributed by atoms with Crippen LogP contribution in [0, 0.1) is 5.92 Å². The fraction of sp³-hybridized carbons (Fsp3) is 0.452. The van der Waals surface area contributed by atoms with Crippen molar-refractivity contribution < 1.29 is 33.7 Å². The van der Waals surface area contributed by atoms with Gasteiger partial charge in [0, 0.05) is 24.3 Å². The van der Waals surface area contributed by atoms with Crippen LogP contribution < -0.4 is 9.47 Å². The minimum Gasteiger partial charge on any atom is -0.507 e. The molecule has 38 heavy (non-hydrogen) atoms. The maximum Gasteiger partial charge on any atom is 0.342 e. The van der Waals surface area contributed by atoms with E-state index >= 15 is 0 Å². The van der Waals surface area contributed by atoms with E-state index in [2.05, 4.69) is 13.8 Å². The molecule has 0 spiro atoms. The number of benzene rings is 2. The predicted molar refractivity (Wildman–Crippen MR) is 144 cm³/mol. The lowest BCUT2D eigenvalue weighted by Crippen LogP contribution is -2.23. The molecule has 0 amide bonds. The maximum atomic E-state index is 13.4. The normalized spacial score (nSPS) is 20.7. The molecule has 2 aromatic carbocycles. The standard InChI is InChI=1S/C31H36O7/c1-19(2)18-36-24-14-8-11-21(15-24)25-17-27(33)38-26-16-22-10-5-4-6-12-23(32)13-7-9-20(3)37-31(35)28(22)30(34)29(25)26/h5,8,10-11,14-16,19-20,25,34H,4,6-7,9,12-13,17-18H2,1-3H3/t20-,25-/m1/s1. The second-order valence-corrected chi connectivity index (χ2v) is 10.6. The number of hydrogen-bond donors (Lipinski definition) is 1. The fourth-order valence-corrected chi connectivity index (χ4v) is 4.89. The first-order valence-corrected chi connectivity index (χ1v) is 13.5. The Labute approximate surface area is 223 Å². The Morgan fingerprint density at radius 2 is 1.89 bits per heavy atom. The smallest absolute Gasteiger partial charge is 0.342 e. The van der Waals surface area contributed by atoms with Crippen LogP contribution in [0.3, 0.4) is 0 Å². The molecule has 2 atom stereocenters. The van der Waals surface area contributed by atoms with E-state index in [1.165, 1.54) is 0 Å². The Kier molecular flexibility index (Phi) is 8.87. The zero-order valence-corrected chi connectivity index (χ0v) is 22.3. The summed E-state index contributed by atoms with van der Waals surface area (Å²) < 4.78 is 17.1. The molecule has 2 aliphatic rings. The number of esters is 2. The van der Waals surface area contributed by atoms with Crippen molar-refractivity contribution >= 4 is 23.8 Å². The average molecular weight is 521 g/mol. The quantitative estimate of drug-likeness (QED) is 0.370. The second kappa shape index (κ2) is 12.3. The van der Waals surface area contributed by atoms with Gasteiger partial charge < -0.3 is 19.3 Å². The molecule has 0 aliphatic carbocycles. The number of carbonyl (C=O) groups excluding carboxylic acids is 3. The van der Waals surface area contributed by atoms with Gasteiger partial charge in [-0.1, -0.05) is 38.1 Å². The molecular formula is C31H36O7. The van der Waals surface area contributed by atoms with Crippen molar-refractivity contribution in [3.8, 4) is 17.2 Å². The zero-order chi connectivity index (χ0) is 27.2. The first kappa shape index (κ1) is 27.4. The molecule has 0 aromatic heterocycles. The van der Waals surface area contributed by atoms with Gasteiger partial charge in [-0.2, -0.15) is 0 Å². The third-order valence-corrected chi connectivity index (χ3v) is 6.82. The highest BCUT2D eigenvalue weighted by Gasteiger charge is 2.35. The SMILES string of the molecule is CC(C)COc1cccc([C@H]2CC(=O)Oc3cc4c(c(O)c32)C(=O)O[C@H](C)CCCC(=O)CCCC=C4)c1. The van der Waals surface area contributed by atoms with Crippen molar-refractivity contribution in [3.05, 3.63) is 58.7 Å².